The molecule has 2 aliphatic heterocycles. The van der Waals surface area contributed by atoms with Gasteiger partial charge in [-0.15, -0.1) is 11.8 Å². The zero-order valence-electron chi connectivity index (χ0n) is 12.5. The topological polar surface area (TPSA) is 32.3 Å². The van der Waals surface area contributed by atoms with Crippen LogP contribution in [0.5, 0.6) is 0 Å². The maximum atomic E-state index is 12.4. The number of piperidine rings is 2. The van der Waals surface area contributed by atoms with Crippen LogP contribution in [0.1, 0.15) is 44.9 Å². The number of carbonyl (C=O) groups is 1. The zero-order valence-corrected chi connectivity index (χ0v) is 13.3. The number of amides is 1. The van der Waals surface area contributed by atoms with Gasteiger partial charge in [-0.2, -0.15) is 0 Å². The number of carbonyl (C=O) groups excluding carboxylic acids is 1. The van der Waals surface area contributed by atoms with Crippen molar-refractivity contribution in [3.63, 3.8) is 0 Å². The van der Waals surface area contributed by atoms with E-state index >= 15 is 0 Å². The number of nitrogens with zero attached hydrogens (tertiary/aromatic N) is 1. The highest BCUT2D eigenvalue weighted by molar-refractivity contribution is 8.00. The summed E-state index contributed by atoms with van der Waals surface area (Å²) in [7, 11) is 0. The van der Waals surface area contributed by atoms with Crippen LogP contribution in [0.2, 0.25) is 0 Å². The van der Waals surface area contributed by atoms with Crippen molar-refractivity contribution in [1.29, 1.82) is 0 Å². The van der Waals surface area contributed by atoms with E-state index in [0.717, 1.165) is 38.0 Å². The second kappa shape index (κ2) is 7.17. The van der Waals surface area contributed by atoms with Gasteiger partial charge in [-0.1, -0.05) is 19.3 Å². The molecule has 1 aliphatic carbocycles. The van der Waals surface area contributed by atoms with Gasteiger partial charge in [0.25, 0.3) is 0 Å². The van der Waals surface area contributed by atoms with Gasteiger partial charge >= 0.3 is 0 Å². The van der Waals surface area contributed by atoms with Crippen molar-refractivity contribution in [1.82, 2.24) is 10.2 Å². The van der Waals surface area contributed by atoms with Crippen molar-refractivity contribution in [2.24, 2.45) is 11.8 Å². The fourth-order valence-corrected chi connectivity index (χ4v) is 5.20. The monoisotopic (exact) mass is 296 g/mol. The molecule has 2 saturated heterocycles. The van der Waals surface area contributed by atoms with Gasteiger partial charge in [-0.05, 0) is 50.6 Å². The average molecular weight is 296 g/mol. The van der Waals surface area contributed by atoms with Crippen molar-refractivity contribution >= 4 is 17.7 Å². The molecular weight excluding hydrogens is 268 g/mol. The highest BCUT2D eigenvalue weighted by atomic mass is 32.2. The van der Waals surface area contributed by atoms with E-state index in [1.54, 1.807) is 0 Å². The summed E-state index contributed by atoms with van der Waals surface area (Å²) in [6.07, 6.45) is 9.28. The summed E-state index contributed by atoms with van der Waals surface area (Å²) in [4.78, 5) is 14.6. The van der Waals surface area contributed by atoms with Crippen LogP contribution in [0.3, 0.4) is 0 Å². The Hall–Kier alpha value is -0.220. The number of fused-ring (bicyclic) bond motifs is 1. The fraction of sp³-hybridized carbons (Fsp3) is 0.938. The Morgan fingerprint density at radius 3 is 2.60 bits per heavy atom. The third-order valence-electron chi connectivity index (χ3n) is 5.37. The number of hydrogen-bond acceptors (Lipinski definition) is 3. The van der Waals surface area contributed by atoms with Crippen molar-refractivity contribution in [3.8, 4) is 0 Å². The molecular formula is C16H28N2OS. The minimum absolute atomic E-state index is 0.401. The normalized spacial score (nSPS) is 31.9. The van der Waals surface area contributed by atoms with Gasteiger partial charge in [0.05, 0.1) is 5.75 Å². The van der Waals surface area contributed by atoms with Gasteiger partial charge in [0.2, 0.25) is 5.91 Å². The molecule has 2 heterocycles. The van der Waals surface area contributed by atoms with Crippen LogP contribution in [0, 0.1) is 11.8 Å². The van der Waals surface area contributed by atoms with Crippen LogP contribution in [-0.4, -0.2) is 48.0 Å². The number of nitrogens with one attached hydrogen (secondary N) is 1. The number of likely N-dealkylation sites (tertiary alicyclic amines) is 1. The van der Waals surface area contributed by atoms with Crippen molar-refractivity contribution < 1.29 is 4.79 Å². The smallest absolute Gasteiger partial charge is 0.232 e. The second-order valence-corrected chi connectivity index (χ2v) is 7.98. The molecule has 0 aromatic heterocycles. The van der Waals surface area contributed by atoms with Crippen LogP contribution < -0.4 is 5.32 Å². The molecule has 1 N–H and O–H groups in total. The Kier molecular flexibility index (Phi) is 5.27. The Labute approximate surface area is 127 Å². The lowest BCUT2D eigenvalue weighted by atomic mass is 9.75. The first-order valence-corrected chi connectivity index (χ1v) is 9.48. The summed E-state index contributed by atoms with van der Waals surface area (Å²) in [6, 6.07) is 0. The zero-order chi connectivity index (χ0) is 13.8. The first kappa shape index (κ1) is 14.7. The summed E-state index contributed by atoms with van der Waals surface area (Å²) in [5.41, 5.74) is 0. The Morgan fingerprint density at radius 2 is 1.80 bits per heavy atom. The molecule has 0 aromatic rings. The minimum Gasteiger partial charge on any atom is -0.342 e. The van der Waals surface area contributed by atoms with Crippen LogP contribution >= 0.6 is 11.8 Å². The predicted octanol–water partition coefficient (Wildman–Crippen LogP) is 2.51. The summed E-state index contributed by atoms with van der Waals surface area (Å²) >= 11 is 1.90. The number of thioether (sulfide) groups is 1. The molecule has 2 unspecified atom stereocenters. The Balaban J connectivity index is 1.42. The molecule has 0 bridgehead atoms. The standard InChI is InChI=1S/C16H28N2OS/c19-16(12-20-15-5-8-17-9-6-15)18-10-7-13-3-1-2-4-14(13)11-18/h13-15,17H,1-12H2. The maximum Gasteiger partial charge on any atom is 0.232 e. The SMILES string of the molecule is O=C(CSC1CCNCC1)N1CCC2CCCCC2C1. The average Bonchev–Trinajstić information content (AvgIpc) is 2.53. The summed E-state index contributed by atoms with van der Waals surface area (Å²) in [5, 5.41) is 4.09. The summed E-state index contributed by atoms with van der Waals surface area (Å²) in [6.45, 7) is 4.32. The van der Waals surface area contributed by atoms with Gasteiger partial charge < -0.3 is 10.2 Å². The lowest BCUT2D eigenvalue weighted by Gasteiger charge is -2.41. The Morgan fingerprint density at radius 1 is 1.05 bits per heavy atom. The van der Waals surface area contributed by atoms with Crippen LogP contribution in [0.25, 0.3) is 0 Å². The maximum absolute atomic E-state index is 12.4. The Bertz CT molecular complexity index is 330. The molecule has 0 radical (unpaired) electrons. The van der Waals surface area contributed by atoms with E-state index in [-0.39, 0.29) is 0 Å². The number of hydrogen-bond donors (Lipinski definition) is 1. The van der Waals surface area contributed by atoms with E-state index < -0.39 is 0 Å². The molecule has 3 aliphatic rings. The van der Waals surface area contributed by atoms with Crippen molar-refractivity contribution in [2.45, 2.75) is 50.2 Å². The first-order chi connectivity index (χ1) is 9.83. The molecule has 1 saturated carbocycles. The predicted molar refractivity (Wildman–Crippen MR) is 85.0 cm³/mol. The van der Waals surface area contributed by atoms with Crippen LogP contribution in [-0.2, 0) is 4.79 Å². The largest absolute Gasteiger partial charge is 0.342 e. The van der Waals surface area contributed by atoms with E-state index in [2.05, 4.69) is 10.2 Å². The van der Waals surface area contributed by atoms with Crippen molar-refractivity contribution in [3.05, 3.63) is 0 Å². The van der Waals surface area contributed by atoms with E-state index in [9.17, 15) is 4.79 Å². The highest BCUT2D eigenvalue weighted by Gasteiger charge is 2.32. The molecule has 3 fully saturated rings. The quantitative estimate of drug-likeness (QED) is 0.868. The minimum atomic E-state index is 0.401. The molecule has 20 heavy (non-hydrogen) atoms. The lowest BCUT2D eigenvalue weighted by Crippen LogP contribution is -2.45. The van der Waals surface area contributed by atoms with Gasteiger partial charge in [0, 0.05) is 18.3 Å². The van der Waals surface area contributed by atoms with E-state index in [1.165, 1.54) is 44.9 Å². The van der Waals surface area contributed by atoms with Gasteiger partial charge in [0.1, 0.15) is 0 Å². The van der Waals surface area contributed by atoms with E-state index in [4.69, 9.17) is 0 Å². The molecule has 1 amide bonds. The van der Waals surface area contributed by atoms with Gasteiger partial charge in [-0.3, -0.25) is 4.79 Å². The highest BCUT2D eigenvalue weighted by Crippen LogP contribution is 2.36. The second-order valence-electron chi connectivity index (χ2n) is 6.69. The van der Waals surface area contributed by atoms with Crippen LogP contribution in [0.4, 0.5) is 0 Å². The fourth-order valence-electron chi connectivity index (χ4n) is 4.07. The summed E-state index contributed by atoms with van der Waals surface area (Å²) < 4.78 is 0. The molecule has 3 nitrogen and oxygen atoms in total. The molecule has 114 valence electrons. The third kappa shape index (κ3) is 3.70. The third-order valence-corrected chi connectivity index (χ3v) is 6.73. The number of rotatable bonds is 3. The summed E-state index contributed by atoms with van der Waals surface area (Å²) in [5.74, 6) is 2.84. The first-order valence-electron chi connectivity index (χ1n) is 8.43. The van der Waals surface area contributed by atoms with Gasteiger partial charge in [0.15, 0.2) is 0 Å². The molecule has 4 heteroatoms. The van der Waals surface area contributed by atoms with Crippen LogP contribution in [0.15, 0.2) is 0 Å². The van der Waals surface area contributed by atoms with E-state index in [1.807, 2.05) is 11.8 Å². The lowest BCUT2D eigenvalue weighted by molar-refractivity contribution is -0.131. The van der Waals surface area contributed by atoms with Gasteiger partial charge in [-0.25, -0.2) is 0 Å². The van der Waals surface area contributed by atoms with Crippen molar-refractivity contribution in [2.75, 3.05) is 31.9 Å². The molecule has 2 atom stereocenters. The van der Waals surface area contributed by atoms with E-state index in [0.29, 0.717) is 16.9 Å². The molecule has 0 aromatic carbocycles. The molecule has 0 spiro atoms. The molecule has 3 rings (SSSR count).